The number of anilines is 1. The molecule has 0 aliphatic carbocycles. The number of aromatic nitrogens is 1. The van der Waals surface area contributed by atoms with Gasteiger partial charge in [0.2, 0.25) is 5.13 Å². The summed E-state index contributed by atoms with van der Waals surface area (Å²) in [5.74, 6) is 0. The molecule has 2 N–H and O–H groups in total. The SMILES string of the molecule is CCN(CC)c1ccc(N=Nc2ncc([N+](=O)[O-])s2)c(CN)c1. The normalized spacial score (nSPS) is 11.1. The number of hydrogen-bond donors (Lipinski definition) is 1. The molecule has 1 heterocycles. The Labute approximate surface area is 137 Å². The fraction of sp³-hybridized carbons (Fsp3) is 0.357. The number of nitro groups is 1. The van der Waals surface area contributed by atoms with Crippen LogP contribution in [0, 0.1) is 10.1 Å². The predicted molar refractivity (Wildman–Crippen MR) is 90.8 cm³/mol. The van der Waals surface area contributed by atoms with Crippen molar-refractivity contribution in [3.8, 4) is 0 Å². The van der Waals surface area contributed by atoms with E-state index in [1.165, 1.54) is 6.20 Å². The smallest absolute Gasteiger partial charge is 0.345 e. The molecule has 0 bridgehead atoms. The van der Waals surface area contributed by atoms with Gasteiger partial charge in [0.05, 0.1) is 10.6 Å². The highest BCUT2D eigenvalue weighted by Crippen LogP contribution is 2.30. The van der Waals surface area contributed by atoms with Crippen LogP contribution in [0.4, 0.5) is 21.5 Å². The van der Waals surface area contributed by atoms with Crippen LogP contribution in [0.2, 0.25) is 0 Å². The summed E-state index contributed by atoms with van der Waals surface area (Å²) >= 11 is 0.879. The van der Waals surface area contributed by atoms with Crippen LogP contribution in [0.25, 0.3) is 0 Å². The van der Waals surface area contributed by atoms with Crippen molar-refractivity contribution in [1.29, 1.82) is 0 Å². The summed E-state index contributed by atoms with van der Waals surface area (Å²) in [5.41, 5.74) is 8.38. The van der Waals surface area contributed by atoms with Gasteiger partial charge in [0, 0.05) is 25.3 Å². The molecule has 0 radical (unpaired) electrons. The van der Waals surface area contributed by atoms with E-state index >= 15 is 0 Å². The zero-order valence-electron chi connectivity index (χ0n) is 13.0. The number of rotatable bonds is 7. The van der Waals surface area contributed by atoms with Gasteiger partial charge in [-0.05, 0) is 48.9 Å². The van der Waals surface area contributed by atoms with E-state index in [4.69, 9.17) is 5.73 Å². The molecule has 0 fully saturated rings. The van der Waals surface area contributed by atoms with Crippen molar-refractivity contribution < 1.29 is 4.92 Å². The van der Waals surface area contributed by atoms with Crippen LogP contribution in [0.3, 0.4) is 0 Å². The highest BCUT2D eigenvalue weighted by Gasteiger charge is 2.11. The number of thiazole rings is 1. The van der Waals surface area contributed by atoms with E-state index in [1.54, 1.807) is 0 Å². The van der Waals surface area contributed by atoms with Crippen molar-refractivity contribution in [2.45, 2.75) is 20.4 Å². The van der Waals surface area contributed by atoms with Gasteiger partial charge in [0.15, 0.2) is 0 Å². The van der Waals surface area contributed by atoms with Crippen LogP contribution in [-0.2, 0) is 6.54 Å². The maximum absolute atomic E-state index is 10.6. The van der Waals surface area contributed by atoms with E-state index in [0.717, 1.165) is 35.7 Å². The van der Waals surface area contributed by atoms with Crippen molar-refractivity contribution in [2.24, 2.45) is 16.0 Å². The zero-order chi connectivity index (χ0) is 16.8. The Morgan fingerprint density at radius 2 is 2.09 bits per heavy atom. The standard InChI is InChI=1S/C14H18N6O2S/c1-3-19(4-2)11-5-6-12(10(7-11)8-15)17-18-14-16-9-13(23-14)20(21)22/h5-7,9H,3-4,8,15H2,1-2H3. The van der Waals surface area contributed by atoms with Gasteiger partial charge in [0.25, 0.3) is 0 Å². The van der Waals surface area contributed by atoms with E-state index in [1.807, 2.05) is 18.2 Å². The molecule has 0 amide bonds. The molecule has 0 saturated carbocycles. The van der Waals surface area contributed by atoms with Gasteiger partial charge in [-0.25, -0.2) is 4.98 Å². The molecule has 1 aromatic carbocycles. The fourth-order valence-electron chi connectivity index (χ4n) is 2.10. The second kappa shape index (κ2) is 7.75. The van der Waals surface area contributed by atoms with Crippen LogP contribution < -0.4 is 10.6 Å². The lowest BCUT2D eigenvalue weighted by atomic mass is 10.1. The van der Waals surface area contributed by atoms with Gasteiger partial charge in [-0.1, -0.05) is 0 Å². The number of hydrogen-bond acceptors (Lipinski definition) is 8. The quantitative estimate of drug-likeness (QED) is 0.471. The molecule has 2 rings (SSSR count). The summed E-state index contributed by atoms with van der Waals surface area (Å²) in [4.78, 5) is 16.2. The summed E-state index contributed by atoms with van der Waals surface area (Å²) in [6.07, 6.45) is 1.17. The fourth-order valence-corrected chi connectivity index (χ4v) is 2.66. The second-order valence-electron chi connectivity index (χ2n) is 4.63. The van der Waals surface area contributed by atoms with E-state index in [0.29, 0.717) is 12.2 Å². The summed E-state index contributed by atoms with van der Waals surface area (Å²) in [6.45, 7) is 6.33. The Bertz CT molecular complexity index is 711. The van der Waals surface area contributed by atoms with Gasteiger partial charge in [-0.2, -0.15) is 0 Å². The second-order valence-corrected chi connectivity index (χ2v) is 5.62. The average molecular weight is 334 g/mol. The lowest BCUT2D eigenvalue weighted by molar-refractivity contribution is -0.380. The number of azo groups is 1. The lowest BCUT2D eigenvalue weighted by Crippen LogP contribution is -2.21. The first-order valence-electron chi connectivity index (χ1n) is 7.18. The van der Waals surface area contributed by atoms with Crippen molar-refractivity contribution in [3.05, 3.63) is 40.1 Å². The third-order valence-corrected chi connectivity index (χ3v) is 4.15. The first kappa shape index (κ1) is 17.0. The molecule has 122 valence electrons. The largest absolute Gasteiger partial charge is 0.372 e. The van der Waals surface area contributed by atoms with E-state index in [2.05, 4.69) is 34.0 Å². The molecule has 0 unspecified atom stereocenters. The van der Waals surface area contributed by atoms with E-state index in [-0.39, 0.29) is 10.1 Å². The average Bonchev–Trinajstić information content (AvgIpc) is 3.03. The topological polar surface area (TPSA) is 110 Å². The Balaban J connectivity index is 2.24. The molecule has 0 spiro atoms. The third-order valence-electron chi connectivity index (χ3n) is 3.32. The number of nitrogens with zero attached hydrogens (tertiary/aromatic N) is 5. The van der Waals surface area contributed by atoms with Gasteiger partial charge < -0.3 is 10.6 Å². The molecular formula is C14H18N6O2S. The van der Waals surface area contributed by atoms with Crippen molar-refractivity contribution in [1.82, 2.24) is 4.98 Å². The highest BCUT2D eigenvalue weighted by molar-refractivity contribution is 7.18. The molecule has 0 saturated heterocycles. The summed E-state index contributed by atoms with van der Waals surface area (Å²) in [6, 6.07) is 5.80. The van der Waals surface area contributed by atoms with Crippen molar-refractivity contribution in [3.63, 3.8) is 0 Å². The van der Waals surface area contributed by atoms with Crippen LogP contribution in [0.5, 0.6) is 0 Å². The molecular weight excluding hydrogens is 316 g/mol. The molecule has 9 heteroatoms. The van der Waals surface area contributed by atoms with Crippen LogP contribution >= 0.6 is 11.3 Å². The zero-order valence-corrected chi connectivity index (χ0v) is 13.8. The Morgan fingerprint density at radius 1 is 1.35 bits per heavy atom. The molecule has 8 nitrogen and oxygen atoms in total. The Hall–Kier alpha value is -2.39. The molecule has 1 aromatic heterocycles. The first-order valence-corrected chi connectivity index (χ1v) is 8.00. The van der Waals surface area contributed by atoms with Gasteiger partial charge in [-0.15, -0.1) is 10.2 Å². The van der Waals surface area contributed by atoms with E-state index in [9.17, 15) is 10.1 Å². The Morgan fingerprint density at radius 3 is 2.65 bits per heavy atom. The maximum atomic E-state index is 10.6. The van der Waals surface area contributed by atoms with Crippen LogP contribution in [0.1, 0.15) is 19.4 Å². The maximum Gasteiger partial charge on any atom is 0.345 e. The van der Waals surface area contributed by atoms with Crippen molar-refractivity contribution in [2.75, 3.05) is 18.0 Å². The monoisotopic (exact) mass is 334 g/mol. The van der Waals surface area contributed by atoms with Gasteiger partial charge in [0.1, 0.15) is 6.20 Å². The van der Waals surface area contributed by atoms with Gasteiger partial charge in [-0.3, -0.25) is 10.1 Å². The molecule has 0 atom stereocenters. The van der Waals surface area contributed by atoms with E-state index < -0.39 is 4.92 Å². The number of nitrogens with two attached hydrogens (primary N) is 1. The van der Waals surface area contributed by atoms with Crippen molar-refractivity contribution >= 4 is 32.8 Å². The Kier molecular flexibility index (Phi) is 5.72. The van der Waals surface area contributed by atoms with Crippen LogP contribution in [-0.4, -0.2) is 23.0 Å². The first-order chi connectivity index (χ1) is 11.1. The molecule has 0 aliphatic heterocycles. The minimum atomic E-state index is -0.499. The summed E-state index contributed by atoms with van der Waals surface area (Å²) < 4.78 is 0. The van der Waals surface area contributed by atoms with Crippen LogP contribution in [0.15, 0.2) is 34.6 Å². The minimum absolute atomic E-state index is 0.0603. The summed E-state index contributed by atoms with van der Waals surface area (Å²) in [7, 11) is 0. The predicted octanol–water partition coefficient (Wildman–Crippen LogP) is 3.77. The minimum Gasteiger partial charge on any atom is -0.372 e. The molecule has 0 aliphatic rings. The number of benzene rings is 1. The molecule has 2 aromatic rings. The molecule has 23 heavy (non-hydrogen) atoms. The van der Waals surface area contributed by atoms with Gasteiger partial charge >= 0.3 is 5.00 Å². The lowest BCUT2D eigenvalue weighted by Gasteiger charge is -2.21. The highest BCUT2D eigenvalue weighted by atomic mass is 32.1. The third kappa shape index (κ3) is 4.08. The summed E-state index contributed by atoms with van der Waals surface area (Å²) in [5, 5.41) is 18.9.